The van der Waals surface area contributed by atoms with Crippen molar-refractivity contribution in [2.45, 2.75) is 20.3 Å². The van der Waals surface area contributed by atoms with Gasteiger partial charge in [-0.2, -0.15) is 4.98 Å². The Balaban J connectivity index is 1.84. The van der Waals surface area contributed by atoms with Gasteiger partial charge in [0.15, 0.2) is 0 Å². The summed E-state index contributed by atoms with van der Waals surface area (Å²) in [5.74, 6) is 3.39. The molecule has 5 heteroatoms. The average molecular weight is 295 g/mol. The van der Waals surface area contributed by atoms with Crippen LogP contribution >= 0.6 is 0 Å². The Labute approximate surface area is 128 Å². The summed E-state index contributed by atoms with van der Waals surface area (Å²) >= 11 is 0. The van der Waals surface area contributed by atoms with Gasteiger partial charge in [0.2, 0.25) is 5.71 Å². The van der Waals surface area contributed by atoms with E-state index in [0.717, 1.165) is 41.4 Å². The number of rotatable bonds is 2. The lowest BCUT2D eigenvalue weighted by molar-refractivity contribution is 0.357. The van der Waals surface area contributed by atoms with Crippen LogP contribution in [0.15, 0.2) is 28.7 Å². The Morgan fingerprint density at radius 1 is 1.14 bits per heavy atom. The Morgan fingerprint density at radius 3 is 2.86 bits per heavy atom. The van der Waals surface area contributed by atoms with Crippen molar-refractivity contribution in [2.24, 2.45) is 0 Å². The average Bonchev–Trinajstić information content (AvgIpc) is 3.09. The molecule has 1 aliphatic heterocycles. The first-order valence-electron chi connectivity index (χ1n) is 7.36. The van der Waals surface area contributed by atoms with Crippen molar-refractivity contribution in [1.82, 2.24) is 9.97 Å². The van der Waals surface area contributed by atoms with Gasteiger partial charge >= 0.3 is 0 Å². The Kier molecular flexibility index (Phi) is 2.82. The first kappa shape index (κ1) is 13.1. The van der Waals surface area contributed by atoms with Gasteiger partial charge in [0, 0.05) is 19.2 Å². The van der Waals surface area contributed by atoms with E-state index in [2.05, 4.69) is 27.0 Å². The molecule has 112 valence electrons. The summed E-state index contributed by atoms with van der Waals surface area (Å²) in [7, 11) is 2.01. The zero-order valence-electron chi connectivity index (χ0n) is 12.9. The molecule has 4 rings (SSSR count). The normalized spacial score (nSPS) is 13.2. The maximum atomic E-state index is 5.65. The van der Waals surface area contributed by atoms with Crippen LogP contribution in [0.25, 0.3) is 11.1 Å². The number of furan rings is 1. The second kappa shape index (κ2) is 4.73. The van der Waals surface area contributed by atoms with Gasteiger partial charge in [-0.25, -0.2) is 4.98 Å². The quantitative estimate of drug-likeness (QED) is 0.723. The minimum absolute atomic E-state index is 0.636. The summed E-state index contributed by atoms with van der Waals surface area (Å²) in [6, 6.07) is 8.23. The third kappa shape index (κ3) is 2.01. The van der Waals surface area contributed by atoms with E-state index in [1.807, 2.05) is 33.0 Å². The van der Waals surface area contributed by atoms with E-state index in [1.54, 1.807) is 0 Å². The van der Waals surface area contributed by atoms with Crippen LogP contribution in [0.1, 0.15) is 17.1 Å². The molecule has 0 amide bonds. The largest absolute Gasteiger partial charge is 0.493 e. The van der Waals surface area contributed by atoms with Crippen LogP contribution in [-0.4, -0.2) is 23.6 Å². The topological polar surface area (TPSA) is 51.4 Å². The highest BCUT2D eigenvalue weighted by atomic mass is 16.5. The molecule has 0 spiro atoms. The molecular formula is C17H17N3O2. The molecule has 22 heavy (non-hydrogen) atoms. The van der Waals surface area contributed by atoms with Gasteiger partial charge < -0.3 is 14.1 Å². The number of anilines is 2. The molecular weight excluding hydrogens is 278 g/mol. The highest BCUT2D eigenvalue weighted by molar-refractivity contribution is 5.89. The number of ether oxygens (including phenoxy) is 1. The van der Waals surface area contributed by atoms with E-state index in [0.29, 0.717) is 11.5 Å². The number of fused-ring (bicyclic) bond motifs is 2. The zero-order chi connectivity index (χ0) is 15.3. The highest BCUT2D eigenvalue weighted by Crippen LogP contribution is 2.34. The van der Waals surface area contributed by atoms with Crippen LogP contribution in [-0.2, 0) is 6.42 Å². The molecule has 0 saturated carbocycles. The van der Waals surface area contributed by atoms with E-state index in [9.17, 15) is 0 Å². The van der Waals surface area contributed by atoms with Gasteiger partial charge in [0.25, 0.3) is 0 Å². The fraction of sp³-hybridized carbons (Fsp3) is 0.294. The van der Waals surface area contributed by atoms with Gasteiger partial charge in [-0.15, -0.1) is 0 Å². The number of aryl methyl sites for hydroxylation is 2. The molecule has 5 nitrogen and oxygen atoms in total. The van der Waals surface area contributed by atoms with Crippen molar-refractivity contribution in [3.8, 4) is 5.75 Å². The minimum atomic E-state index is 0.636. The van der Waals surface area contributed by atoms with Crippen molar-refractivity contribution < 1.29 is 9.15 Å². The number of aromatic nitrogens is 2. The van der Waals surface area contributed by atoms with Gasteiger partial charge in [0.1, 0.15) is 23.2 Å². The number of hydrogen-bond donors (Lipinski definition) is 0. The van der Waals surface area contributed by atoms with E-state index >= 15 is 0 Å². The highest BCUT2D eigenvalue weighted by Gasteiger charge is 2.18. The SMILES string of the molecule is Cc1nc(N(C)c2ccc3c(c2)CCO3)c2cc(C)oc2n1. The minimum Gasteiger partial charge on any atom is -0.493 e. The fourth-order valence-electron chi connectivity index (χ4n) is 2.89. The summed E-state index contributed by atoms with van der Waals surface area (Å²) in [5.41, 5.74) is 2.97. The number of nitrogens with zero attached hydrogens (tertiary/aromatic N) is 3. The predicted molar refractivity (Wildman–Crippen MR) is 85.0 cm³/mol. The molecule has 0 aliphatic carbocycles. The van der Waals surface area contributed by atoms with Crippen molar-refractivity contribution in [2.75, 3.05) is 18.6 Å². The fourth-order valence-corrected chi connectivity index (χ4v) is 2.89. The summed E-state index contributed by atoms with van der Waals surface area (Å²) in [5, 5.41) is 0.933. The lowest BCUT2D eigenvalue weighted by Gasteiger charge is -2.19. The van der Waals surface area contributed by atoms with Crippen LogP contribution in [0.3, 0.4) is 0 Å². The van der Waals surface area contributed by atoms with Gasteiger partial charge in [0.05, 0.1) is 12.0 Å². The molecule has 1 aromatic carbocycles. The van der Waals surface area contributed by atoms with Crippen LogP contribution in [0.2, 0.25) is 0 Å². The molecule has 0 saturated heterocycles. The Hall–Kier alpha value is -2.56. The standard InChI is InChI=1S/C17H17N3O2/c1-10-8-14-16(18-11(2)19-17(14)22-10)20(3)13-4-5-15-12(9-13)6-7-21-15/h4-5,8-9H,6-7H2,1-3H3. The van der Waals surface area contributed by atoms with Crippen molar-refractivity contribution in [3.05, 3.63) is 41.4 Å². The molecule has 0 N–H and O–H groups in total. The van der Waals surface area contributed by atoms with E-state index < -0.39 is 0 Å². The smallest absolute Gasteiger partial charge is 0.231 e. The zero-order valence-corrected chi connectivity index (χ0v) is 12.9. The van der Waals surface area contributed by atoms with Crippen LogP contribution in [0.4, 0.5) is 11.5 Å². The Morgan fingerprint density at radius 2 is 2.00 bits per heavy atom. The summed E-state index contributed by atoms with van der Waals surface area (Å²) in [6.07, 6.45) is 0.958. The molecule has 3 heterocycles. The van der Waals surface area contributed by atoms with E-state index in [1.165, 1.54) is 5.56 Å². The van der Waals surface area contributed by atoms with Gasteiger partial charge in [-0.1, -0.05) is 0 Å². The molecule has 0 fully saturated rings. The predicted octanol–water partition coefficient (Wildman–Crippen LogP) is 3.54. The van der Waals surface area contributed by atoms with E-state index in [4.69, 9.17) is 9.15 Å². The third-order valence-electron chi connectivity index (χ3n) is 3.99. The first-order valence-corrected chi connectivity index (χ1v) is 7.36. The maximum Gasteiger partial charge on any atom is 0.231 e. The van der Waals surface area contributed by atoms with Crippen LogP contribution in [0.5, 0.6) is 5.75 Å². The van der Waals surface area contributed by atoms with Gasteiger partial charge in [-0.05, 0) is 43.7 Å². The second-order valence-electron chi connectivity index (χ2n) is 5.62. The molecule has 2 aromatic heterocycles. The maximum absolute atomic E-state index is 5.65. The Bertz CT molecular complexity index is 870. The van der Waals surface area contributed by atoms with Crippen LogP contribution < -0.4 is 9.64 Å². The molecule has 3 aromatic rings. The van der Waals surface area contributed by atoms with Gasteiger partial charge in [-0.3, -0.25) is 0 Å². The van der Waals surface area contributed by atoms with E-state index in [-0.39, 0.29) is 0 Å². The summed E-state index contributed by atoms with van der Waals surface area (Å²) in [4.78, 5) is 11.0. The first-order chi connectivity index (χ1) is 10.6. The number of hydrogen-bond acceptors (Lipinski definition) is 5. The van der Waals surface area contributed by atoms with Crippen molar-refractivity contribution >= 4 is 22.6 Å². The molecule has 0 unspecified atom stereocenters. The summed E-state index contributed by atoms with van der Waals surface area (Å²) < 4.78 is 11.2. The molecule has 0 radical (unpaired) electrons. The molecule has 1 aliphatic rings. The van der Waals surface area contributed by atoms with Crippen molar-refractivity contribution in [1.29, 1.82) is 0 Å². The summed E-state index contributed by atoms with van der Waals surface area (Å²) in [6.45, 7) is 4.57. The number of benzene rings is 1. The lowest BCUT2D eigenvalue weighted by Crippen LogP contribution is -2.12. The second-order valence-corrected chi connectivity index (χ2v) is 5.62. The lowest BCUT2D eigenvalue weighted by atomic mass is 10.1. The monoisotopic (exact) mass is 295 g/mol. The van der Waals surface area contributed by atoms with Crippen molar-refractivity contribution in [3.63, 3.8) is 0 Å². The third-order valence-corrected chi connectivity index (χ3v) is 3.99. The molecule has 0 bridgehead atoms. The van der Waals surface area contributed by atoms with Crippen LogP contribution in [0, 0.1) is 13.8 Å². The molecule has 0 atom stereocenters.